The monoisotopic (exact) mass is 365 g/mol. The van der Waals surface area contributed by atoms with Crippen LogP contribution >= 0.6 is 34.3 Å². The molecule has 2 heterocycles. The van der Waals surface area contributed by atoms with Crippen molar-refractivity contribution >= 4 is 50.3 Å². The molecule has 21 heavy (non-hydrogen) atoms. The smallest absolute Gasteiger partial charge is 0.308 e. The van der Waals surface area contributed by atoms with E-state index in [2.05, 4.69) is 4.72 Å². The molecule has 1 atom stereocenters. The molecule has 2 aromatic heterocycles. The highest BCUT2D eigenvalue weighted by Gasteiger charge is 2.21. The molecule has 0 bridgehead atoms. The number of carboxylic acid groups (broad SMARTS) is 1. The highest BCUT2D eigenvalue weighted by molar-refractivity contribution is 7.91. The van der Waals surface area contributed by atoms with E-state index in [0.717, 1.165) is 16.2 Å². The van der Waals surface area contributed by atoms with Crippen LogP contribution in [0.5, 0.6) is 0 Å². The minimum absolute atomic E-state index is 0.105. The quantitative estimate of drug-likeness (QED) is 0.823. The summed E-state index contributed by atoms with van der Waals surface area (Å²) in [5.74, 6) is -0.990. The molecule has 114 valence electrons. The minimum atomic E-state index is -3.67. The van der Waals surface area contributed by atoms with E-state index in [-0.39, 0.29) is 10.6 Å². The Kier molecular flexibility index (Phi) is 5.05. The van der Waals surface area contributed by atoms with Gasteiger partial charge in [-0.15, -0.1) is 22.7 Å². The number of nitrogens with one attached hydrogen (secondary N) is 1. The number of thiophene rings is 2. The first-order valence-electron chi connectivity index (χ1n) is 5.86. The predicted octanol–water partition coefficient (Wildman–Crippen LogP) is 3.13. The third-order valence-corrected chi connectivity index (χ3v) is 7.11. The van der Waals surface area contributed by atoms with Crippen LogP contribution in [-0.2, 0) is 21.2 Å². The molecular weight excluding hydrogens is 354 g/mol. The van der Waals surface area contributed by atoms with Gasteiger partial charge in [0.2, 0.25) is 0 Å². The van der Waals surface area contributed by atoms with E-state index >= 15 is 0 Å². The summed E-state index contributed by atoms with van der Waals surface area (Å²) in [6.07, 6.45) is -0.184. The van der Waals surface area contributed by atoms with Crippen LogP contribution in [0.15, 0.2) is 28.5 Å². The zero-order valence-corrected chi connectivity index (χ0v) is 14.1. The van der Waals surface area contributed by atoms with Crippen molar-refractivity contribution in [2.75, 3.05) is 0 Å². The Morgan fingerprint density at radius 1 is 1.33 bits per heavy atom. The molecule has 0 fully saturated rings. The van der Waals surface area contributed by atoms with Crippen molar-refractivity contribution in [3.63, 3.8) is 0 Å². The van der Waals surface area contributed by atoms with Crippen molar-refractivity contribution in [1.29, 1.82) is 0 Å². The largest absolute Gasteiger partial charge is 0.481 e. The molecule has 0 saturated carbocycles. The van der Waals surface area contributed by atoms with E-state index in [1.54, 1.807) is 19.1 Å². The fourth-order valence-electron chi connectivity index (χ4n) is 1.66. The van der Waals surface area contributed by atoms with Crippen molar-refractivity contribution in [3.05, 3.63) is 38.4 Å². The number of rotatable bonds is 6. The number of aliphatic carboxylic acids is 1. The average Bonchev–Trinajstić information content (AvgIpc) is 2.97. The topological polar surface area (TPSA) is 83.5 Å². The number of hydrogen-bond acceptors (Lipinski definition) is 5. The van der Waals surface area contributed by atoms with Crippen molar-refractivity contribution in [2.24, 2.45) is 0 Å². The van der Waals surface area contributed by atoms with Crippen molar-refractivity contribution in [3.8, 4) is 0 Å². The summed E-state index contributed by atoms with van der Waals surface area (Å²) in [6, 6.07) is 6.00. The van der Waals surface area contributed by atoms with Crippen LogP contribution < -0.4 is 4.72 Å². The minimum Gasteiger partial charge on any atom is -0.481 e. The first-order valence-corrected chi connectivity index (χ1v) is 9.35. The van der Waals surface area contributed by atoms with Crippen LogP contribution in [0.3, 0.4) is 0 Å². The summed E-state index contributed by atoms with van der Waals surface area (Å²) < 4.78 is 27.7. The highest BCUT2D eigenvalue weighted by atomic mass is 35.5. The molecular formula is C12H12ClNO4S3. The van der Waals surface area contributed by atoms with Gasteiger partial charge in [0.05, 0.1) is 16.8 Å². The summed E-state index contributed by atoms with van der Waals surface area (Å²) in [5.41, 5.74) is 0. The second kappa shape index (κ2) is 6.45. The lowest BCUT2D eigenvalue weighted by molar-refractivity contribution is -0.136. The van der Waals surface area contributed by atoms with Gasteiger partial charge in [-0.3, -0.25) is 4.79 Å². The normalized spacial score (nSPS) is 13.2. The first kappa shape index (κ1) is 16.4. The number of carbonyl (C=O) groups is 1. The van der Waals surface area contributed by atoms with Gasteiger partial charge in [-0.05, 0) is 31.2 Å². The van der Waals surface area contributed by atoms with Crippen molar-refractivity contribution in [1.82, 2.24) is 4.72 Å². The van der Waals surface area contributed by atoms with Crippen LogP contribution in [0, 0.1) is 0 Å². The lowest BCUT2D eigenvalue weighted by Crippen LogP contribution is -2.25. The number of hydrogen-bond donors (Lipinski definition) is 2. The molecule has 0 radical (unpaired) electrons. The predicted molar refractivity (Wildman–Crippen MR) is 83.7 cm³/mol. The van der Waals surface area contributed by atoms with E-state index in [1.807, 2.05) is 0 Å². The van der Waals surface area contributed by atoms with E-state index in [9.17, 15) is 13.2 Å². The molecule has 0 aliphatic heterocycles. The van der Waals surface area contributed by atoms with Gasteiger partial charge < -0.3 is 5.11 Å². The zero-order chi connectivity index (χ0) is 15.6. The Labute approximate surface area is 135 Å². The molecule has 0 aliphatic carbocycles. The average molecular weight is 366 g/mol. The van der Waals surface area contributed by atoms with Crippen molar-refractivity contribution < 1.29 is 18.3 Å². The summed E-state index contributed by atoms with van der Waals surface area (Å²) in [7, 11) is -3.67. The first-order chi connectivity index (χ1) is 9.78. The molecule has 5 nitrogen and oxygen atoms in total. The molecule has 0 aliphatic rings. The lowest BCUT2D eigenvalue weighted by Gasteiger charge is -2.11. The van der Waals surface area contributed by atoms with E-state index in [1.165, 1.54) is 23.5 Å². The maximum atomic E-state index is 12.2. The number of halogens is 1. The highest BCUT2D eigenvalue weighted by Crippen LogP contribution is 2.29. The Hall–Kier alpha value is -0.930. The van der Waals surface area contributed by atoms with Gasteiger partial charge in [-0.1, -0.05) is 11.6 Å². The maximum absolute atomic E-state index is 12.2. The fraction of sp³-hybridized carbons (Fsp3) is 0.250. The lowest BCUT2D eigenvalue weighted by atomic mass is 10.3. The van der Waals surface area contributed by atoms with Gasteiger partial charge in [-0.2, -0.15) is 0 Å². The Bertz CT molecular complexity index is 750. The number of sulfonamides is 1. The summed E-state index contributed by atoms with van der Waals surface area (Å²) in [5, 5.41) is 8.71. The molecule has 2 aromatic rings. The molecule has 0 aromatic carbocycles. The van der Waals surface area contributed by atoms with E-state index in [0.29, 0.717) is 9.21 Å². The molecule has 2 rings (SSSR count). The molecule has 1 unspecified atom stereocenters. The molecule has 0 saturated heterocycles. The van der Waals surface area contributed by atoms with E-state index in [4.69, 9.17) is 16.7 Å². The molecule has 0 spiro atoms. The number of carboxylic acids is 1. The van der Waals surface area contributed by atoms with Crippen LogP contribution in [0.25, 0.3) is 0 Å². The molecule has 0 amide bonds. The summed E-state index contributed by atoms with van der Waals surface area (Å²) >= 11 is 8.10. The van der Waals surface area contributed by atoms with Gasteiger partial charge in [-0.25, -0.2) is 13.1 Å². The van der Waals surface area contributed by atoms with Crippen LogP contribution in [-0.4, -0.2) is 19.5 Å². The Balaban J connectivity index is 2.14. The van der Waals surface area contributed by atoms with Gasteiger partial charge >= 0.3 is 5.97 Å². The van der Waals surface area contributed by atoms with Crippen LogP contribution in [0.4, 0.5) is 0 Å². The zero-order valence-electron chi connectivity index (χ0n) is 10.9. The Morgan fingerprint density at radius 3 is 2.62 bits per heavy atom. The van der Waals surface area contributed by atoms with Gasteiger partial charge in [0.1, 0.15) is 4.21 Å². The van der Waals surface area contributed by atoms with Gasteiger partial charge in [0.15, 0.2) is 0 Å². The second-order valence-corrected chi connectivity index (χ2v) is 9.13. The standard InChI is InChI=1S/C12H12ClNO4S3/c1-7(9-3-4-10(13)20-9)14-21(17,18)12-5-2-8(19-12)6-11(15)16/h2-5,7,14H,6H2,1H3,(H,15,16). The van der Waals surface area contributed by atoms with Crippen LogP contribution in [0.2, 0.25) is 4.34 Å². The molecule has 2 N–H and O–H groups in total. The van der Waals surface area contributed by atoms with Crippen LogP contribution in [0.1, 0.15) is 22.7 Å². The third kappa shape index (κ3) is 4.27. The Morgan fingerprint density at radius 2 is 2.05 bits per heavy atom. The van der Waals surface area contributed by atoms with E-state index < -0.39 is 22.0 Å². The SMILES string of the molecule is CC(NS(=O)(=O)c1ccc(CC(=O)O)s1)c1ccc(Cl)s1. The van der Waals surface area contributed by atoms with Gasteiger partial charge in [0, 0.05) is 9.75 Å². The third-order valence-electron chi connectivity index (χ3n) is 2.58. The fourth-order valence-corrected chi connectivity index (χ4v) is 5.38. The summed E-state index contributed by atoms with van der Waals surface area (Å²) in [4.78, 5) is 11.9. The molecule has 9 heteroatoms. The maximum Gasteiger partial charge on any atom is 0.308 e. The van der Waals surface area contributed by atoms with Crippen molar-refractivity contribution in [2.45, 2.75) is 23.6 Å². The second-order valence-electron chi connectivity index (χ2n) is 4.28. The summed E-state index contributed by atoms with van der Waals surface area (Å²) in [6.45, 7) is 1.73. The van der Waals surface area contributed by atoms with Gasteiger partial charge in [0.25, 0.3) is 10.0 Å².